The topological polar surface area (TPSA) is 134 Å². The average molecular weight is 389 g/mol. The first-order valence-electron chi connectivity index (χ1n) is 8.74. The van der Waals surface area contributed by atoms with Crippen molar-refractivity contribution >= 4 is 12.0 Å². The predicted octanol–water partition coefficient (Wildman–Crippen LogP) is -0.0535. The second-order valence-corrected chi connectivity index (χ2v) is 6.71. The van der Waals surface area contributed by atoms with E-state index in [1.54, 1.807) is 31.2 Å². The lowest BCUT2D eigenvalue weighted by Gasteiger charge is -2.39. The summed E-state index contributed by atoms with van der Waals surface area (Å²) in [4.78, 5) is 26.2. The summed E-state index contributed by atoms with van der Waals surface area (Å²) in [6.07, 6.45) is -1.72. The third-order valence-electron chi connectivity index (χ3n) is 4.78. The highest BCUT2D eigenvalue weighted by molar-refractivity contribution is 5.93. The monoisotopic (exact) mass is 389 g/mol. The molecule has 2 aliphatic heterocycles. The summed E-state index contributed by atoms with van der Waals surface area (Å²) in [5.41, 5.74) is 5.10. The van der Waals surface area contributed by atoms with Crippen molar-refractivity contribution in [2.75, 3.05) is 0 Å². The molecule has 3 rings (SSSR count). The molecule has 2 aliphatic rings. The molecule has 0 spiro atoms. The van der Waals surface area contributed by atoms with Crippen molar-refractivity contribution in [2.24, 2.45) is 5.73 Å². The SMILES string of the molecule is C=CC1=CN([C@@H]2O[C@H](C)[C@@H](O)[C@H]2O)C(=O)NC1(N)C(=O)OCc1ccccc1. The highest BCUT2D eigenvalue weighted by Crippen LogP contribution is 2.29. The van der Waals surface area contributed by atoms with Crippen LogP contribution in [0.25, 0.3) is 0 Å². The minimum Gasteiger partial charge on any atom is -0.458 e. The molecule has 0 bridgehead atoms. The number of carbonyl (C=O) groups is 2. The van der Waals surface area contributed by atoms with Crippen molar-refractivity contribution in [2.45, 2.75) is 43.7 Å². The van der Waals surface area contributed by atoms with Gasteiger partial charge in [-0.15, -0.1) is 0 Å². The number of hydrogen-bond donors (Lipinski definition) is 4. The summed E-state index contributed by atoms with van der Waals surface area (Å²) in [6.45, 7) is 5.18. The lowest BCUT2D eigenvalue weighted by molar-refractivity contribution is -0.151. The van der Waals surface area contributed by atoms with Gasteiger partial charge in [0.1, 0.15) is 18.8 Å². The van der Waals surface area contributed by atoms with E-state index in [0.29, 0.717) is 0 Å². The van der Waals surface area contributed by atoms with Crippen LogP contribution in [0.1, 0.15) is 12.5 Å². The van der Waals surface area contributed by atoms with Gasteiger partial charge in [-0.3, -0.25) is 10.6 Å². The number of aliphatic hydroxyl groups excluding tert-OH is 2. The molecular weight excluding hydrogens is 366 g/mol. The molecule has 0 aromatic heterocycles. The Morgan fingerprint density at radius 3 is 2.64 bits per heavy atom. The fourth-order valence-corrected chi connectivity index (χ4v) is 3.08. The van der Waals surface area contributed by atoms with E-state index in [9.17, 15) is 19.8 Å². The van der Waals surface area contributed by atoms with Crippen molar-refractivity contribution in [3.05, 3.63) is 60.3 Å². The van der Waals surface area contributed by atoms with E-state index in [1.165, 1.54) is 12.3 Å². The fraction of sp³-hybridized carbons (Fsp3) is 0.368. The summed E-state index contributed by atoms with van der Waals surface area (Å²) in [5.74, 6) is -0.864. The zero-order valence-electron chi connectivity index (χ0n) is 15.3. The largest absolute Gasteiger partial charge is 0.458 e. The number of rotatable bonds is 5. The van der Waals surface area contributed by atoms with Crippen molar-refractivity contribution < 1.29 is 29.3 Å². The molecule has 1 aromatic rings. The summed E-state index contributed by atoms with van der Waals surface area (Å²) in [7, 11) is 0. The number of hydrogen-bond acceptors (Lipinski definition) is 7. The number of carbonyl (C=O) groups excluding carboxylic acids is 2. The Labute approximate surface area is 162 Å². The molecular formula is C19H23N3O6. The highest BCUT2D eigenvalue weighted by Gasteiger charge is 2.50. The normalized spacial score (nSPS) is 32.5. The van der Waals surface area contributed by atoms with E-state index < -0.39 is 42.2 Å². The molecule has 5 N–H and O–H groups in total. The number of nitrogens with zero attached hydrogens (tertiary/aromatic N) is 1. The maximum Gasteiger partial charge on any atom is 0.352 e. The van der Waals surface area contributed by atoms with E-state index in [4.69, 9.17) is 15.2 Å². The average Bonchev–Trinajstić information content (AvgIpc) is 2.94. The molecule has 1 fully saturated rings. The standard InChI is InChI=1S/C19H23N3O6/c1-3-13-9-22(16-15(24)14(23)11(2)28-16)18(26)21-19(13,20)17(25)27-10-12-7-5-4-6-8-12/h3-9,11,14-16,23-24H,1,10,20H2,2H3,(H,21,26)/t11-,14-,15-,16-,19?/m1/s1. The number of aliphatic hydroxyl groups is 2. The molecule has 150 valence electrons. The fourth-order valence-electron chi connectivity index (χ4n) is 3.08. The lowest BCUT2D eigenvalue weighted by Crippen LogP contribution is -2.68. The van der Waals surface area contributed by atoms with E-state index in [1.807, 2.05) is 6.07 Å². The zero-order chi connectivity index (χ0) is 20.5. The number of ether oxygens (including phenoxy) is 2. The molecule has 2 heterocycles. The third kappa shape index (κ3) is 3.52. The van der Waals surface area contributed by atoms with Crippen molar-refractivity contribution in [3.63, 3.8) is 0 Å². The number of benzene rings is 1. The second-order valence-electron chi connectivity index (χ2n) is 6.71. The molecule has 28 heavy (non-hydrogen) atoms. The Morgan fingerprint density at radius 2 is 2.07 bits per heavy atom. The van der Waals surface area contributed by atoms with Gasteiger partial charge in [-0.25, -0.2) is 9.59 Å². The smallest absolute Gasteiger partial charge is 0.352 e. The van der Waals surface area contributed by atoms with E-state index in [2.05, 4.69) is 11.9 Å². The van der Waals surface area contributed by atoms with Crippen LogP contribution < -0.4 is 11.1 Å². The van der Waals surface area contributed by atoms with Crippen molar-refractivity contribution in [1.82, 2.24) is 10.2 Å². The summed E-state index contributed by atoms with van der Waals surface area (Å²) in [5, 5.41) is 22.4. The first-order chi connectivity index (χ1) is 13.3. The van der Waals surface area contributed by atoms with Gasteiger partial charge in [0, 0.05) is 11.8 Å². The molecule has 1 unspecified atom stereocenters. The molecule has 9 nitrogen and oxygen atoms in total. The quantitative estimate of drug-likeness (QED) is 0.519. The molecule has 2 amide bonds. The number of esters is 1. The van der Waals surface area contributed by atoms with Gasteiger partial charge in [0.2, 0.25) is 5.66 Å². The molecule has 1 aromatic carbocycles. The number of nitrogens with two attached hydrogens (primary N) is 1. The molecule has 0 aliphatic carbocycles. The number of amides is 2. The van der Waals surface area contributed by atoms with Gasteiger partial charge in [-0.2, -0.15) is 0 Å². The Morgan fingerprint density at radius 1 is 1.39 bits per heavy atom. The van der Waals surface area contributed by atoms with Crippen LogP contribution in [0.5, 0.6) is 0 Å². The van der Waals surface area contributed by atoms with Crippen LogP contribution in [0.3, 0.4) is 0 Å². The van der Waals surface area contributed by atoms with Gasteiger partial charge in [0.15, 0.2) is 6.23 Å². The van der Waals surface area contributed by atoms with Gasteiger partial charge in [0.05, 0.1) is 6.10 Å². The first kappa shape index (κ1) is 20.0. The molecule has 1 saturated heterocycles. The van der Waals surface area contributed by atoms with Gasteiger partial charge in [-0.05, 0) is 12.5 Å². The van der Waals surface area contributed by atoms with Crippen LogP contribution in [-0.2, 0) is 20.9 Å². The van der Waals surface area contributed by atoms with Crippen LogP contribution in [0.4, 0.5) is 4.79 Å². The van der Waals surface area contributed by atoms with Crippen LogP contribution in [-0.4, -0.2) is 57.3 Å². The minimum absolute atomic E-state index is 0.0171. The van der Waals surface area contributed by atoms with Gasteiger partial charge in [0.25, 0.3) is 0 Å². The van der Waals surface area contributed by atoms with E-state index in [-0.39, 0.29) is 12.2 Å². The van der Waals surface area contributed by atoms with Crippen LogP contribution in [0.15, 0.2) is 54.8 Å². The molecule has 5 atom stereocenters. The lowest BCUT2D eigenvalue weighted by atomic mass is 9.99. The second kappa shape index (κ2) is 7.72. The van der Waals surface area contributed by atoms with Gasteiger partial charge >= 0.3 is 12.0 Å². The summed E-state index contributed by atoms with van der Waals surface area (Å²) in [6, 6.07) is 8.23. The van der Waals surface area contributed by atoms with Gasteiger partial charge < -0.3 is 25.0 Å². The van der Waals surface area contributed by atoms with Gasteiger partial charge in [-0.1, -0.05) is 43.0 Å². The van der Waals surface area contributed by atoms with E-state index >= 15 is 0 Å². The predicted molar refractivity (Wildman–Crippen MR) is 98.2 cm³/mol. The Kier molecular flexibility index (Phi) is 5.52. The van der Waals surface area contributed by atoms with Crippen molar-refractivity contribution in [3.8, 4) is 0 Å². The maximum absolute atomic E-state index is 12.6. The van der Waals surface area contributed by atoms with E-state index in [0.717, 1.165) is 10.5 Å². The Balaban J connectivity index is 1.80. The number of urea groups is 1. The Hall–Kier alpha value is -2.72. The molecule has 0 radical (unpaired) electrons. The third-order valence-corrected chi connectivity index (χ3v) is 4.78. The molecule has 0 saturated carbocycles. The maximum atomic E-state index is 12.6. The van der Waals surface area contributed by atoms with Crippen LogP contribution >= 0.6 is 0 Å². The zero-order valence-corrected chi connectivity index (χ0v) is 15.3. The number of nitrogens with one attached hydrogen (secondary N) is 1. The highest BCUT2D eigenvalue weighted by atomic mass is 16.6. The first-order valence-corrected chi connectivity index (χ1v) is 8.74. The minimum atomic E-state index is -1.95. The Bertz CT molecular complexity index is 798. The van der Waals surface area contributed by atoms with Crippen LogP contribution in [0.2, 0.25) is 0 Å². The summed E-state index contributed by atoms with van der Waals surface area (Å²) >= 11 is 0. The van der Waals surface area contributed by atoms with Crippen molar-refractivity contribution in [1.29, 1.82) is 0 Å². The summed E-state index contributed by atoms with van der Waals surface area (Å²) < 4.78 is 10.7. The molecule has 9 heteroatoms. The van der Waals surface area contributed by atoms with Crippen LogP contribution in [0, 0.1) is 0 Å².